The Labute approximate surface area is 148 Å². The number of methoxy groups -OCH3 is 1. The maximum absolute atomic E-state index is 9.63. The molecule has 6 nitrogen and oxygen atoms in total. The quantitative estimate of drug-likeness (QED) is 0.547. The molecule has 0 saturated carbocycles. The van der Waals surface area contributed by atoms with E-state index in [-0.39, 0.29) is 5.75 Å². The first-order valence-electron chi connectivity index (χ1n) is 6.93. The number of aromatic amines is 1. The van der Waals surface area contributed by atoms with Crippen LogP contribution in [0.5, 0.6) is 11.5 Å². The summed E-state index contributed by atoms with van der Waals surface area (Å²) in [6, 6.07) is 12.1. The minimum absolute atomic E-state index is 0.0661. The number of hydrogen-bond donors (Lipinski definition) is 2. The number of phenolic OH excluding ortho intramolecular Hbond substituents is 1. The molecule has 0 saturated heterocycles. The highest BCUT2D eigenvalue weighted by Crippen LogP contribution is 2.25. The first-order valence-corrected chi connectivity index (χ1v) is 7.72. The number of rotatable bonds is 4. The van der Waals surface area contributed by atoms with Crippen LogP contribution in [-0.2, 0) is 0 Å². The Bertz CT molecular complexity index is 947. The van der Waals surface area contributed by atoms with Gasteiger partial charge in [0.2, 0.25) is 4.77 Å². The monoisotopic (exact) mass is 360 g/mol. The standard InChI is InChI=1S/C16H13ClN4O2S/c1-23-14-8-10(2-7-13(14)22)9-18-21-15(19-20-16(21)24)11-3-5-12(17)6-4-11/h2-9,22H,1H3,(H,20,24). The number of aromatic nitrogens is 3. The summed E-state index contributed by atoms with van der Waals surface area (Å²) in [5.74, 6) is 1.00. The van der Waals surface area contributed by atoms with Gasteiger partial charge >= 0.3 is 0 Å². The predicted octanol–water partition coefficient (Wildman–Crippen LogP) is 3.86. The third-order valence-corrected chi connectivity index (χ3v) is 3.80. The molecule has 2 N–H and O–H groups in total. The SMILES string of the molecule is COc1cc(C=Nn2c(-c3ccc(Cl)cc3)n[nH]c2=S)ccc1O. The number of nitrogens with zero attached hydrogens (tertiary/aromatic N) is 3. The molecule has 0 aliphatic carbocycles. The van der Waals surface area contributed by atoms with Crippen molar-refractivity contribution in [3.05, 3.63) is 57.8 Å². The van der Waals surface area contributed by atoms with E-state index in [0.29, 0.717) is 21.4 Å². The molecule has 2 aromatic carbocycles. The lowest BCUT2D eigenvalue weighted by Gasteiger charge is -2.04. The first-order chi connectivity index (χ1) is 11.6. The Kier molecular flexibility index (Phi) is 4.64. The van der Waals surface area contributed by atoms with Crippen molar-refractivity contribution in [2.45, 2.75) is 0 Å². The van der Waals surface area contributed by atoms with Crippen LogP contribution >= 0.6 is 23.8 Å². The highest BCUT2D eigenvalue weighted by molar-refractivity contribution is 7.71. The molecule has 0 aliphatic heterocycles. The van der Waals surface area contributed by atoms with E-state index >= 15 is 0 Å². The van der Waals surface area contributed by atoms with Gasteiger partial charge in [-0.25, -0.2) is 5.10 Å². The molecule has 0 unspecified atom stereocenters. The minimum atomic E-state index is 0.0661. The molecule has 1 aromatic heterocycles. The summed E-state index contributed by atoms with van der Waals surface area (Å²) in [6.07, 6.45) is 1.60. The molecule has 0 amide bonds. The van der Waals surface area contributed by atoms with E-state index in [1.54, 1.807) is 30.5 Å². The molecular weight excluding hydrogens is 348 g/mol. The Morgan fingerprint density at radius 3 is 2.75 bits per heavy atom. The molecule has 0 bridgehead atoms. The average Bonchev–Trinajstić information content (AvgIpc) is 2.95. The third kappa shape index (κ3) is 3.32. The zero-order valence-electron chi connectivity index (χ0n) is 12.6. The van der Waals surface area contributed by atoms with E-state index in [1.807, 2.05) is 12.1 Å². The maximum Gasteiger partial charge on any atom is 0.216 e. The van der Waals surface area contributed by atoms with Crippen molar-refractivity contribution >= 4 is 30.0 Å². The fourth-order valence-corrected chi connectivity index (χ4v) is 2.39. The topological polar surface area (TPSA) is 75.4 Å². The van der Waals surface area contributed by atoms with Crippen LogP contribution in [0, 0.1) is 4.77 Å². The zero-order valence-corrected chi connectivity index (χ0v) is 14.2. The highest BCUT2D eigenvalue weighted by atomic mass is 35.5. The first kappa shape index (κ1) is 16.2. The summed E-state index contributed by atoms with van der Waals surface area (Å²) in [5, 5.41) is 21.6. The zero-order chi connectivity index (χ0) is 17.1. The second-order valence-electron chi connectivity index (χ2n) is 4.85. The van der Waals surface area contributed by atoms with Crippen LogP contribution < -0.4 is 4.74 Å². The number of ether oxygens (including phenoxy) is 1. The summed E-state index contributed by atoms with van der Waals surface area (Å²) >= 11 is 11.1. The van der Waals surface area contributed by atoms with Crippen LogP contribution in [-0.4, -0.2) is 33.3 Å². The molecule has 24 heavy (non-hydrogen) atoms. The number of benzene rings is 2. The summed E-state index contributed by atoms with van der Waals surface area (Å²) in [6.45, 7) is 0. The van der Waals surface area contributed by atoms with Gasteiger partial charge in [-0.05, 0) is 60.2 Å². The Balaban J connectivity index is 1.97. The summed E-state index contributed by atoms with van der Waals surface area (Å²) in [7, 11) is 1.49. The van der Waals surface area contributed by atoms with Gasteiger partial charge in [0.25, 0.3) is 0 Å². The van der Waals surface area contributed by atoms with Crippen LogP contribution in [0.15, 0.2) is 47.6 Å². The van der Waals surface area contributed by atoms with Gasteiger partial charge in [-0.1, -0.05) is 11.6 Å². The van der Waals surface area contributed by atoms with Gasteiger partial charge in [0, 0.05) is 10.6 Å². The lowest BCUT2D eigenvalue weighted by molar-refractivity contribution is 0.373. The highest BCUT2D eigenvalue weighted by Gasteiger charge is 2.08. The molecule has 0 spiro atoms. The Hall–Kier alpha value is -2.64. The largest absolute Gasteiger partial charge is 0.504 e. The number of H-pyrrole nitrogens is 1. The van der Waals surface area contributed by atoms with Crippen molar-refractivity contribution in [2.75, 3.05) is 7.11 Å². The van der Waals surface area contributed by atoms with Crippen LogP contribution in [0.25, 0.3) is 11.4 Å². The Morgan fingerprint density at radius 1 is 1.29 bits per heavy atom. The third-order valence-electron chi connectivity index (χ3n) is 3.28. The second-order valence-corrected chi connectivity index (χ2v) is 5.67. The molecular formula is C16H13ClN4O2S. The van der Waals surface area contributed by atoms with Gasteiger partial charge < -0.3 is 9.84 Å². The van der Waals surface area contributed by atoms with Crippen molar-refractivity contribution in [3.8, 4) is 22.9 Å². The fraction of sp³-hybridized carbons (Fsp3) is 0.0625. The predicted molar refractivity (Wildman–Crippen MR) is 95.5 cm³/mol. The van der Waals surface area contributed by atoms with Crippen molar-refractivity contribution in [3.63, 3.8) is 0 Å². The van der Waals surface area contributed by atoms with Gasteiger partial charge in [-0.2, -0.15) is 14.9 Å². The number of phenols is 1. The fourth-order valence-electron chi connectivity index (χ4n) is 2.08. The molecule has 8 heteroatoms. The lowest BCUT2D eigenvalue weighted by atomic mass is 10.2. The van der Waals surface area contributed by atoms with Crippen LogP contribution in [0.1, 0.15) is 5.56 Å². The van der Waals surface area contributed by atoms with E-state index in [4.69, 9.17) is 28.6 Å². The van der Waals surface area contributed by atoms with Gasteiger partial charge in [0.1, 0.15) is 0 Å². The van der Waals surface area contributed by atoms with Crippen LogP contribution in [0.4, 0.5) is 0 Å². The van der Waals surface area contributed by atoms with E-state index in [1.165, 1.54) is 17.9 Å². The van der Waals surface area contributed by atoms with Crippen LogP contribution in [0.3, 0.4) is 0 Å². The number of halogens is 1. The minimum Gasteiger partial charge on any atom is -0.504 e. The van der Waals surface area contributed by atoms with E-state index in [9.17, 15) is 5.11 Å². The average molecular weight is 361 g/mol. The summed E-state index contributed by atoms with van der Waals surface area (Å²) in [5.41, 5.74) is 1.57. The molecule has 0 fully saturated rings. The number of nitrogens with one attached hydrogen (secondary N) is 1. The van der Waals surface area contributed by atoms with Crippen molar-refractivity contribution in [1.82, 2.24) is 14.9 Å². The maximum atomic E-state index is 9.63. The van der Waals surface area contributed by atoms with E-state index in [2.05, 4.69) is 15.3 Å². The smallest absolute Gasteiger partial charge is 0.216 e. The molecule has 1 heterocycles. The van der Waals surface area contributed by atoms with Crippen molar-refractivity contribution in [1.29, 1.82) is 0 Å². The molecule has 0 atom stereocenters. The molecule has 0 radical (unpaired) electrons. The van der Waals surface area contributed by atoms with E-state index < -0.39 is 0 Å². The van der Waals surface area contributed by atoms with E-state index in [0.717, 1.165) is 11.1 Å². The lowest BCUT2D eigenvalue weighted by Crippen LogP contribution is -1.95. The van der Waals surface area contributed by atoms with Gasteiger partial charge in [-0.15, -0.1) is 0 Å². The number of aromatic hydroxyl groups is 1. The molecule has 3 aromatic rings. The van der Waals surface area contributed by atoms with Gasteiger partial charge in [0.15, 0.2) is 17.3 Å². The molecule has 3 rings (SSSR count). The van der Waals surface area contributed by atoms with Gasteiger partial charge in [0.05, 0.1) is 13.3 Å². The van der Waals surface area contributed by atoms with Crippen molar-refractivity contribution < 1.29 is 9.84 Å². The van der Waals surface area contributed by atoms with Crippen molar-refractivity contribution in [2.24, 2.45) is 5.10 Å². The Morgan fingerprint density at radius 2 is 2.04 bits per heavy atom. The summed E-state index contributed by atoms with van der Waals surface area (Å²) < 4.78 is 6.96. The van der Waals surface area contributed by atoms with Crippen LogP contribution in [0.2, 0.25) is 5.02 Å². The summed E-state index contributed by atoms with van der Waals surface area (Å²) in [4.78, 5) is 0. The molecule has 122 valence electrons. The van der Waals surface area contributed by atoms with Gasteiger partial charge in [-0.3, -0.25) is 0 Å². The second kappa shape index (κ2) is 6.86. The molecule has 0 aliphatic rings. The normalized spacial score (nSPS) is 11.1. The number of hydrogen-bond acceptors (Lipinski definition) is 5.